The van der Waals surface area contributed by atoms with E-state index in [1.807, 2.05) is 14.0 Å². The third kappa shape index (κ3) is 2.28. The van der Waals surface area contributed by atoms with Crippen LogP contribution in [0.1, 0.15) is 29.1 Å². The van der Waals surface area contributed by atoms with Crippen LogP contribution in [0.2, 0.25) is 0 Å². The summed E-state index contributed by atoms with van der Waals surface area (Å²) in [7, 11) is 3.14. The van der Waals surface area contributed by atoms with Crippen molar-refractivity contribution in [1.82, 2.24) is 24.3 Å². The van der Waals surface area contributed by atoms with E-state index in [2.05, 4.69) is 19.9 Å². The molecule has 0 fully saturated rings. The van der Waals surface area contributed by atoms with Crippen molar-refractivity contribution in [3.8, 4) is 0 Å². The lowest BCUT2D eigenvalue weighted by Gasteiger charge is -2.07. The van der Waals surface area contributed by atoms with Crippen molar-refractivity contribution in [3.05, 3.63) is 23.7 Å². The first kappa shape index (κ1) is 13.1. The standard InChI is InChI=1S/C11H16N6O2/c1-4-7-14-9(11(18)19-3)10(12)17(7)5-8-15-13-6-16(8)2/h6H,4-5,12H2,1-3H3. The second kappa shape index (κ2) is 5.09. The van der Waals surface area contributed by atoms with Crippen molar-refractivity contribution in [2.24, 2.45) is 7.05 Å². The monoisotopic (exact) mass is 264 g/mol. The Bertz CT molecular complexity index is 600. The van der Waals surface area contributed by atoms with Crippen LogP contribution in [0.15, 0.2) is 6.33 Å². The van der Waals surface area contributed by atoms with Gasteiger partial charge in [0.25, 0.3) is 0 Å². The first-order valence-corrected chi connectivity index (χ1v) is 5.84. The lowest BCUT2D eigenvalue weighted by molar-refractivity contribution is 0.0595. The Morgan fingerprint density at radius 1 is 1.47 bits per heavy atom. The highest BCUT2D eigenvalue weighted by molar-refractivity contribution is 5.92. The van der Waals surface area contributed by atoms with Gasteiger partial charge in [0.1, 0.15) is 18.0 Å². The zero-order chi connectivity index (χ0) is 14.0. The van der Waals surface area contributed by atoms with Crippen LogP contribution < -0.4 is 5.73 Å². The molecule has 2 aromatic rings. The average molecular weight is 264 g/mol. The van der Waals surface area contributed by atoms with Crippen molar-refractivity contribution in [2.45, 2.75) is 19.9 Å². The molecule has 2 aromatic heterocycles. The highest BCUT2D eigenvalue weighted by Gasteiger charge is 2.21. The van der Waals surface area contributed by atoms with Crippen molar-refractivity contribution in [2.75, 3.05) is 12.8 Å². The molecule has 8 heteroatoms. The van der Waals surface area contributed by atoms with Gasteiger partial charge in [0, 0.05) is 13.5 Å². The summed E-state index contributed by atoms with van der Waals surface area (Å²) in [5.41, 5.74) is 6.11. The number of methoxy groups -OCH3 is 1. The number of aromatic nitrogens is 5. The number of hydrogen-bond donors (Lipinski definition) is 1. The van der Waals surface area contributed by atoms with Gasteiger partial charge in [-0.1, -0.05) is 6.92 Å². The molecule has 0 aliphatic rings. The average Bonchev–Trinajstić information content (AvgIpc) is 2.95. The summed E-state index contributed by atoms with van der Waals surface area (Å²) < 4.78 is 8.20. The largest absolute Gasteiger partial charge is 0.464 e. The van der Waals surface area contributed by atoms with Gasteiger partial charge in [0.15, 0.2) is 11.5 Å². The van der Waals surface area contributed by atoms with Gasteiger partial charge in [-0.25, -0.2) is 9.78 Å². The Hall–Kier alpha value is -2.38. The van der Waals surface area contributed by atoms with E-state index in [0.29, 0.717) is 18.8 Å². The summed E-state index contributed by atoms with van der Waals surface area (Å²) in [6, 6.07) is 0. The molecule has 0 saturated heterocycles. The normalized spacial score (nSPS) is 10.7. The SMILES string of the molecule is CCc1nc(C(=O)OC)c(N)n1Cc1nncn1C. The quantitative estimate of drug-likeness (QED) is 0.779. The maximum absolute atomic E-state index is 11.6. The van der Waals surface area contributed by atoms with Gasteiger partial charge < -0.3 is 19.6 Å². The van der Waals surface area contributed by atoms with Gasteiger partial charge in [-0.3, -0.25) is 0 Å². The van der Waals surface area contributed by atoms with Crippen LogP contribution in [0.5, 0.6) is 0 Å². The van der Waals surface area contributed by atoms with E-state index in [-0.39, 0.29) is 11.5 Å². The van der Waals surface area contributed by atoms with Crippen molar-refractivity contribution >= 4 is 11.8 Å². The van der Waals surface area contributed by atoms with Crippen molar-refractivity contribution in [1.29, 1.82) is 0 Å². The fraction of sp³-hybridized carbons (Fsp3) is 0.455. The van der Waals surface area contributed by atoms with Gasteiger partial charge in [0.05, 0.1) is 13.7 Å². The van der Waals surface area contributed by atoms with Crippen LogP contribution in [0.25, 0.3) is 0 Å². The fourth-order valence-corrected chi connectivity index (χ4v) is 1.80. The molecule has 0 aromatic carbocycles. The molecule has 19 heavy (non-hydrogen) atoms. The van der Waals surface area contributed by atoms with Gasteiger partial charge in [0.2, 0.25) is 0 Å². The Balaban J connectivity index is 2.42. The molecule has 2 N–H and O–H groups in total. The maximum Gasteiger partial charge on any atom is 0.360 e. The number of rotatable bonds is 4. The first-order valence-electron chi connectivity index (χ1n) is 5.84. The second-order valence-electron chi connectivity index (χ2n) is 4.05. The first-order chi connectivity index (χ1) is 9.08. The number of hydrogen-bond acceptors (Lipinski definition) is 6. The number of imidazole rings is 1. The number of esters is 1. The number of carbonyl (C=O) groups excluding carboxylic acids is 1. The summed E-state index contributed by atoms with van der Waals surface area (Å²) in [6.07, 6.45) is 2.26. The van der Waals surface area contributed by atoms with E-state index < -0.39 is 5.97 Å². The minimum atomic E-state index is -0.538. The number of aryl methyl sites for hydroxylation is 2. The molecule has 0 unspecified atom stereocenters. The van der Waals surface area contributed by atoms with Crippen molar-refractivity contribution < 1.29 is 9.53 Å². The number of ether oxygens (including phenoxy) is 1. The molecule has 0 spiro atoms. The summed E-state index contributed by atoms with van der Waals surface area (Å²) in [4.78, 5) is 15.8. The van der Waals surface area contributed by atoms with E-state index >= 15 is 0 Å². The van der Waals surface area contributed by atoms with Crippen LogP contribution in [0.4, 0.5) is 5.82 Å². The maximum atomic E-state index is 11.6. The number of nitrogen functional groups attached to an aromatic ring is 1. The second-order valence-corrected chi connectivity index (χ2v) is 4.05. The molecule has 2 rings (SSSR count). The zero-order valence-corrected chi connectivity index (χ0v) is 11.1. The molecule has 102 valence electrons. The van der Waals surface area contributed by atoms with E-state index in [4.69, 9.17) is 5.73 Å². The Labute approximate surface area is 110 Å². The summed E-state index contributed by atoms with van der Waals surface area (Å²) >= 11 is 0. The number of nitrogens with two attached hydrogens (primary N) is 1. The number of anilines is 1. The van der Waals surface area contributed by atoms with Crippen LogP contribution in [-0.4, -0.2) is 37.4 Å². The minimum Gasteiger partial charge on any atom is -0.464 e. The third-order valence-electron chi connectivity index (χ3n) is 2.89. The van der Waals surface area contributed by atoms with Crippen molar-refractivity contribution in [3.63, 3.8) is 0 Å². The fourth-order valence-electron chi connectivity index (χ4n) is 1.80. The molecule has 0 saturated carbocycles. The molecule has 0 aliphatic heterocycles. The molecule has 0 bridgehead atoms. The molecule has 0 atom stereocenters. The minimum absolute atomic E-state index is 0.140. The lowest BCUT2D eigenvalue weighted by Crippen LogP contribution is -2.12. The van der Waals surface area contributed by atoms with Crippen LogP contribution >= 0.6 is 0 Å². The highest BCUT2D eigenvalue weighted by Crippen LogP contribution is 2.17. The van der Waals surface area contributed by atoms with E-state index in [1.165, 1.54) is 7.11 Å². The molecule has 0 radical (unpaired) electrons. The molecular weight excluding hydrogens is 248 g/mol. The van der Waals surface area contributed by atoms with Crippen LogP contribution in [-0.2, 0) is 24.8 Å². The van der Waals surface area contributed by atoms with Crippen LogP contribution in [0.3, 0.4) is 0 Å². The van der Waals surface area contributed by atoms with Gasteiger partial charge in [-0.2, -0.15) is 0 Å². The zero-order valence-electron chi connectivity index (χ0n) is 11.1. The topological polar surface area (TPSA) is 101 Å². The molecule has 8 nitrogen and oxygen atoms in total. The van der Waals surface area contributed by atoms with Gasteiger partial charge in [-0.05, 0) is 0 Å². The highest BCUT2D eigenvalue weighted by atomic mass is 16.5. The Morgan fingerprint density at radius 2 is 2.21 bits per heavy atom. The number of carbonyl (C=O) groups is 1. The predicted octanol–water partition coefficient (Wildman–Crippen LogP) is -0.00890. The Kier molecular flexibility index (Phi) is 3.50. The van der Waals surface area contributed by atoms with E-state index in [1.54, 1.807) is 15.5 Å². The lowest BCUT2D eigenvalue weighted by atomic mass is 10.4. The molecule has 0 aliphatic carbocycles. The smallest absolute Gasteiger partial charge is 0.360 e. The van der Waals surface area contributed by atoms with Gasteiger partial charge in [-0.15, -0.1) is 10.2 Å². The number of nitrogens with zero attached hydrogens (tertiary/aromatic N) is 5. The molecule has 2 heterocycles. The third-order valence-corrected chi connectivity index (χ3v) is 2.89. The predicted molar refractivity (Wildman–Crippen MR) is 67.5 cm³/mol. The van der Waals surface area contributed by atoms with E-state index in [9.17, 15) is 4.79 Å². The molecular formula is C11H16N6O2. The summed E-state index contributed by atoms with van der Waals surface area (Å²) in [5.74, 6) is 1.19. The summed E-state index contributed by atoms with van der Waals surface area (Å²) in [6.45, 7) is 2.35. The van der Waals surface area contributed by atoms with Crippen LogP contribution in [0, 0.1) is 0 Å². The molecule has 0 amide bonds. The Morgan fingerprint density at radius 3 is 2.74 bits per heavy atom. The summed E-state index contributed by atoms with van der Waals surface area (Å²) in [5, 5.41) is 7.80. The van der Waals surface area contributed by atoms with E-state index in [0.717, 1.165) is 5.82 Å². The van der Waals surface area contributed by atoms with Gasteiger partial charge >= 0.3 is 5.97 Å².